The molecule has 6 aliphatic rings. The fourth-order valence-electron chi connectivity index (χ4n) is 16.5. The summed E-state index contributed by atoms with van der Waals surface area (Å²) in [5, 5.41) is 8.29. The lowest BCUT2D eigenvalue weighted by atomic mass is 9.43. The maximum Gasteiger partial charge on any atom is 0.333 e. The van der Waals surface area contributed by atoms with Gasteiger partial charge in [0.05, 0.1) is 11.0 Å². The second-order valence-corrected chi connectivity index (χ2v) is 25.9. The molecule has 72 heavy (non-hydrogen) atoms. The molecule has 2 nitrogen and oxygen atoms in total. The summed E-state index contributed by atoms with van der Waals surface area (Å²) in [4.78, 5) is 2.81. The minimum absolute atomic E-state index is 0.0172. The van der Waals surface area contributed by atoms with Gasteiger partial charge in [0.15, 0.2) is 0 Å². The van der Waals surface area contributed by atoms with E-state index in [0.717, 1.165) is 11.8 Å². The van der Waals surface area contributed by atoms with Gasteiger partial charge in [-0.2, -0.15) is 0 Å². The number of hydrogen-bond acceptors (Lipinski definition) is 2. The Balaban J connectivity index is 1.04. The summed E-state index contributed by atoms with van der Waals surface area (Å²) in [6.07, 6.45) is 19.1. The van der Waals surface area contributed by atoms with Gasteiger partial charge in [-0.25, -0.2) is 0 Å². The largest absolute Gasteiger partial charge is 0.376 e. The van der Waals surface area contributed by atoms with Gasteiger partial charge >= 0.3 is 6.85 Å². The first-order valence-corrected chi connectivity index (χ1v) is 28.7. The van der Waals surface area contributed by atoms with E-state index in [1.165, 1.54) is 198 Å². The standard InChI is InChI=1S/C68H63BN2S/c1-66(2,3)48-21-24-51(25-22-48)71-60-39-63-55(54-31-45-19-7-8-20-46(45)34-62(54)72-63)38-53(60)56-32-47(44-17-5-4-6-18-44)33-61-64(56)69(71)58-37-50(68-29-11-15-43(41-68)16-12-30-68)36-57-52-35-49(23-26-59(52)70(61)65(57)58)67-27-9-13-42(40-67)14-10-28-67/h4-8,17-26,31-39,42-43H,9-16,27-30,40-41H2,1-3H3. The van der Waals surface area contributed by atoms with Gasteiger partial charge in [-0.1, -0.05) is 151 Å². The molecule has 4 fully saturated rings. The number of benzene rings is 8. The van der Waals surface area contributed by atoms with Gasteiger partial charge < -0.3 is 9.38 Å². The van der Waals surface area contributed by atoms with Crippen LogP contribution in [0.2, 0.25) is 0 Å². The van der Waals surface area contributed by atoms with Gasteiger partial charge in [0, 0.05) is 53.6 Å². The fraction of sp³-hybridized carbons (Fsp3) is 0.324. The normalized spacial score (nSPS) is 23.3. The average molecular weight is 951 g/mol. The van der Waals surface area contributed by atoms with Crippen LogP contribution in [0.4, 0.5) is 11.4 Å². The number of nitrogens with zero attached hydrogens (tertiary/aromatic N) is 2. The van der Waals surface area contributed by atoms with Crippen LogP contribution < -0.4 is 15.7 Å². The van der Waals surface area contributed by atoms with Crippen LogP contribution in [0.3, 0.4) is 0 Å². The molecule has 8 aromatic carbocycles. The third-order valence-corrected chi connectivity index (χ3v) is 21.0. The highest BCUT2D eigenvalue weighted by Gasteiger charge is 2.48. The molecule has 4 heterocycles. The van der Waals surface area contributed by atoms with Crippen molar-refractivity contribution in [2.24, 2.45) is 11.8 Å². The van der Waals surface area contributed by atoms with Crippen LogP contribution in [0.5, 0.6) is 0 Å². The Bertz CT molecular complexity index is 3880. The Morgan fingerprint density at radius 1 is 0.528 bits per heavy atom. The number of fused-ring (bicyclic) bond motifs is 15. The molecule has 0 saturated heterocycles. The Labute approximate surface area is 429 Å². The molecule has 16 rings (SSSR count). The molecule has 4 heteroatoms. The first-order chi connectivity index (χ1) is 35.2. The van der Waals surface area contributed by atoms with Gasteiger partial charge in [0.25, 0.3) is 0 Å². The highest BCUT2D eigenvalue weighted by atomic mass is 32.1. The van der Waals surface area contributed by atoms with Crippen LogP contribution in [0.15, 0.2) is 146 Å². The molecule has 4 saturated carbocycles. The molecule has 0 amide bonds. The molecule has 4 aliphatic carbocycles. The van der Waals surface area contributed by atoms with Gasteiger partial charge in [-0.3, -0.25) is 0 Å². The molecule has 0 radical (unpaired) electrons. The zero-order valence-corrected chi connectivity index (χ0v) is 43.1. The maximum atomic E-state index is 2.81. The van der Waals surface area contributed by atoms with Gasteiger partial charge in [-0.15, -0.1) is 11.3 Å². The zero-order chi connectivity index (χ0) is 47.7. The highest BCUT2D eigenvalue weighted by molar-refractivity contribution is 7.26. The third-order valence-electron chi connectivity index (χ3n) is 19.9. The molecule has 2 aromatic heterocycles. The molecule has 0 spiro atoms. The highest BCUT2D eigenvalue weighted by Crippen LogP contribution is 2.55. The number of anilines is 2. The van der Waals surface area contributed by atoms with Crippen LogP contribution in [-0.2, 0) is 16.2 Å². The Morgan fingerprint density at radius 2 is 1.17 bits per heavy atom. The second-order valence-electron chi connectivity index (χ2n) is 24.9. The lowest BCUT2D eigenvalue weighted by molar-refractivity contribution is 0.149. The van der Waals surface area contributed by atoms with Crippen molar-refractivity contribution in [2.45, 2.75) is 127 Å². The maximum absolute atomic E-state index is 2.81. The number of aromatic nitrogens is 1. The Kier molecular flexibility index (Phi) is 8.97. The summed E-state index contributed by atoms with van der Waals surface area (Å²) in [5.41, 5.74) is 20.1. The van der Waals surface area contributed by atoms with Crippen molar-refractivity contribution < 1.29 is 0 Å². The lowest BCUT2D eigenvalue weighted by Crippen LogP contribution is -2.61. The zero-order valence-electron chi connectivity index (χ0n) is 42.3. The smallest absolute Gasteiger partial charge is 0.333 e. The van der Waals surface area contributed by atoms with Crippen molar-refractivity contribution in [3.8, 4) is 27.9 Å². The quantitative estimate of drug-likeness (QED) is 0.160. The number of hydrogen-bond donors (Lipinski definition) is 0. The summed E-state index contributed by atoms with van der Waals surface area (Å²) in [6.45, 7) is 7.03. The van der Waals surface area contributed by atoms with Gasteiger partial charge in [-0.05, 0) is 188 Å². The van der Waals surface area contributed by atoms with Gasteiger partial charge in [0.2, 0.25) is 0 Å². The van der Waals surface area contributed by atoms with Crippen LogP contribution in [0.1, 0.15) is 127 Å². The second kappa shape index (κ2) is 15.2. The van der Waals surface area contributed by atoms with Crippen LogP contribution >= 0.6 is 11.3 Å². The van der Waals surface area contributed by atoms with E-state index in [4.69, 9.17) is 0 Å². The van der Waals surface area contributed by atoms with E-state index in [1.54, 1.807) is 11.1 Å². The van der Waals surface area contributed by atoms with E-state index < -0.39 is 0 Å². The summed E-state index contributed by atoms with van der Waals surface area (Å²) in [6, 6.07) is 58.7. The Hall–Kier alpha value is -6.10. The van der Waals surface area contributed by atoms with E-state index in [2.05, 4.69) is 176 Å². The van der Waals surface area contributed by atoms with Crippen LogP contribution in [0, 0.1) is 11.8 Å². The predicted octanol–water partition coefficient (Wildman–Crippen LogP) is 17.7. The SMILES string of the molecule is CC(C)(C)c1ccc(N2B3c4c(cc(-c5ccccc5)cc4-n4c5ccc(C67CCCC(CCC6)C7)cc5c5cc(C67CCCC(CCC6)C7)cc3c54)-c3cc4c(cc32)sc2cc3ccccc3cc24)cc1. The molecular formula is C68H63BN2S. The van der Waals surface area contributed by atoms with E-state index in [1.807, 2.05) is 11.3 Å². The van der Waals surface area contributed by atoms with Crippen molar-refractivity contribution in [3.05, 3.63) is 162 Å². The van der Waals surface area contributed by atoms with Crippen molar-refractivity contribution in [1.29, 1.82) is 0 Å². The van der Waals surface area contributed by atoms with Crippen molar-refractivity contribution in [1.82, 2.24) is 4.57 Å². The molecule has 354 valence electrons. The van der Waals surface area contributed by atoms with Crippen LogP contribution in [0.25, 0.3) is 80.7 Å². The molecule has 4 bridgehead atoms. The summed E-state index contributed by atoms with van der Waals surface area (Å²) >= 11 is 1.96. The minimum Gasteiger partial charge on any atom is -0.376 e. The summed E-state index contributed by atoms with van der Waals surface area (Å²) in [5.74, 6) is 1.73. The average Bonchev–Trinajstić information content (AvgIpc) is 3.93. The summed E-state index contributed by atoms with van der Waals surface area (Å²) in [7, 11) is 0. The van der Waals surface area contributed by atoms with E-state index in [-0.39, 0.29) is 17.7 Å². The fourth-order valence-corrected chi connectivity index (χ4v) is 17.6. The first-order valence-electron chi connectivity index (χ1n) is 27.8. The van der Waals surface area contributed by atoms with Gasteiger partial charge in [0.1, 0.15) is 0 Å². The van der Waals surface area contributed by atoms with E-state index in [0.29, 0.717) is 5.41 Å². The Morgan fingerprint density at radius 3 is 1.88 bits per heavy atom. The third kappa shape index (κ3) is 6.08. The topological polar surface area (TPSA) is 8.17 Å². The molecule has 2 aliphatic heterocycles. The number of thiophene rings is 1. The van der Waals surface area contributed by atoms with Crippen molar-refractivity contribution in [2.75, 3.05) is 4.81 Å². The molecule has 10 aromatic rings. The first kappa shape index (κ1) is 42.4. The minimum atomic E-state index is -0.0172. The van der Waals surface area contributed by atoms with Crippen molar-refractivity contribution in [3.63, 3.8) is 0 Å². The molecule has 0 unspecified atom stereocenters. The van der Waals surface area contributed by atoms with E-state index >= 15 is 0 Å². The molecule has 0 N–H and O–H groups in total. The monoisotopic (exact) mass is 950 g/mol. The molecular weight excluding hydrogens is 888 g/mol. The number of rotatable bonds is 4. The summed E-state index contributed by atoms with van der Waals surface area (Å²) < 4.78 is 5.49. The van der Waals surface area contributed by atoms with Crippen LogP contribution in [-0.4, -0.2) is 11.4 Å². The van der Waals surface area contributed by atoms with E-state index in [9.17, 15) is 0 Å². The predicted molar refractivity (Wildman–Crippen MR) is 309 cm³/mol. The van der Waals surface area contributed by atoms with Crippen molar-refractivity contribution >= 4 is 93.2 Å². The lowest BCUT2D eigenvalue weighted by Gasteiger charge is -2.47. The molecule has 0 atom stereocenters.